The van der Waals surface area contributed by atoms with Crippen LogP contribution in [0.4, 0.5) is 5.69 Å². The lowest BCUT2D eigenvalue weighted by Gasteiger charge is -2.50. The number of piperidine rings is 1. The number of benzene rings is 1. The number of anilines is 1. The van der Waals surface area contributed by atoms with E-state index in [1.165, 1.54) is 11.1 Å². The highest BCUT2D eigenvalue weighted by molar-refractivity contribution is 7.80. The highest BCUT2D eigenvalue weighted by Crippen LogP contribution is 2.33. The summed E-state index contributed by atoms with van der Waals surface area (Å²) in [4.78, 5) is 2.33. The van der Waals surface area contributed by atoms with E-state index in [0.29, 0.717) is 12.6 Å². The quantitative estimate of drug-likeness (QED) is 0.576. The van der Waals surface area contributed by atoms with E-state index < -0.39 is 0 Å². The van der Waals surface area contributed by atoms with Crippen LogP contribution in [-0.2, 0) is 13.0 Å². The topological polar surface area (TPSA) is 40.4 Å². The number of aryl methyl sites for hydroxylation is 2. The average Bonchev–Trinajstić information content (AvgIpc) is 3.02. The van der Waals surface area contributed by atoms with Crippen LogP contribution < -0.4 is 10.6 Å². The molecule has 1 aliphatic rings. The number of thiocarbonyl (C=S) groups is 1. The van der Waals surface area contributed by atoms with Crippen molar-refractivity contribution in [2.24, 2.45) is 0 Å². The third kappa shape index (κ3) is 5.44. The minimum absolute atomic E-state index is 0.0390. The van der Waals surface area contributed by atoms with Crippen molar-refractivity contribution in [2.45, 2.75) is 91.4 Å². The Morgan fingerprint density at radius 3 is 2.37 bits per heavy atom. The maximum absolute atomic E-state index is 6.00. The molecule has 1 aromatic heterocycles. The molecule has 2 N–H and O–H groups in total. The molecule has 1 fully saturated rings. The molecule has 0 saturated carbocycles. The molecule has 3 rings (SSSR count). The average molecular weight is 428 g/mol. The first-order valence-corrected chi connectivity index (χ1v) is 11.4. The van der Waals surface area contributed by atoms with Crippen molar-refractivity contribution in [1.82, 2.24) is 10.2 Å². The molecule has 30 heavy (non-hydrogen) atoms. The van der Waals surface area contributed by atoms with E-state index in [0.717, 1.165) is 41.6 Å². The summed E-state index contributed by atoms with van der Waals surface area (Å²) in [6.07, 6.45) is 3.02. The fourth-order valence-electron chi connectivity index (χ4n) is 5.07. The molecule has 2 heterocycles. The molecule has 1 saturated heterocycles. The predicted molar refractivity (Wildman–Crippen MR) is 130 cm³/mol. The monoisotopic (exact) mass is 427 g/mol. The van der Waals surface area contributed by atoms with Gasteiger partial charge in [0.05, 0.1) is 6.54 Å². The van der Waals surface area contributed by atoms with Crippen molar-refractivity contribution in [3.8, 4) is 0 Å². The second-order valence-electron chi connectivity index (χ2n) is 9.98. The van der Waals surface area contributed by atoms with Gasteiger partial charge in [-0.3, -0.25) is 0 Å². The van der Waals surface area contributed by atoms with Gasteiger partial charge in [0.2, 0.25) is 0 Å². The normalized spacial score (nSPS) is 18.2. The number of hydrogen-bond acceptors (Lipinski definition) is 3. The molecule has 0 spiro atoms. The molecule has 0 bridgehead atoms. The molecule has 164 valence electrons. The van der Waals surface area contributed by atoms with Gasteiger partial charge in [-0.15, -0.1) is 0 Å². The van der Waals surface area contributed by atoms with Gasteiger partial charge in [0.25, 0.3) is 0 Å². The summed E-state index contributed by atoms with van der Waals surface area (Å²) >= 11 is 6.00. The molecule has 0 radical (unpaired) electrons. The first kappa shape index (κ1) is 22.8. The Hall–Kier alpha value is -1.85. The predicted octanol–water partition coefficient (Wildman–Crippen LogP) is 5.97. The largest absolute Gasteiger partial charge is 0.464 e. The number of nitrogens with zero attached hydrogens (tertiary/aromatic N) is 1. The molecule has 0 atom stereocenters. The van der Waals surface area contributed by atoms with E-state index in [4.69, 9.17) is 16.6 Å². The molecule has 0 unspecified atom stereocenters. The number of hydrogen-bond donors (Lipinski definition) is 2. The van der Waals surface area contributed by atoms with Gasteiger partial charge in [-0.05, 0) is 102 Å². The maximum Gasteiger partial charge on any atom is 0.174 e. The number of nitrogens with one attached hydrogen (secondary N) is 2. The molecular formula is C25H37N3OS. The van der Waals surface area contributed by atoms with Crippen LogP contribution in [-0.4, -0.2) is 27.1 Å². The van der Waals surface area contributed by atoms with E-state index in [1.54, 1.807) is 0 Å². The first-order valence-electron chi connectivity index (χ1n) is 11.0. The second kappa shape index (κ2) is 8.72. The molecule has 0 amide bonds. The zero-order valence-corrected chi connectivity index (χ0v) is 20.4. The Kier molecular flexibility index (Phi) is 6.63. The van der Waals surface area contributed by atoms with E-state index in [2.05, 4.69) is 81.3 Å². The van der Waals surface area contributed by atoms with E-state index in [9.17, 15) is 0 Å². The smallest absolute Gasteiger partial charge is 0.174 e. The Labute approximate surface area is 187 Å². The van der Waals surface area contributed by atoms with Crippen molar-refractivity contribution in [3.05, 3.63) is 53.0 Å². The van der Waals surface area contributed by atoms with Crippen LogP contribution in [0.15, 0.2) is 34.7 Å². The minimum Gasteiger partial charge on any atom is -0.464 e. The summed E-state index contributed by atoms with van der Waals surface area (Å²) < 4.78 is 5.93. The lowest BCUT2D eigenvalue weighted by atomic mass is 9.79. The van der Waals surface area contributed by atoms with Gasteiger partial charge in [-0.1, -0.05) is 19.1 Å². The zero-order valence-electron chi connectivity index (χ0n) is 19.6. The van der Waals surface area contributed by atoms with E-state index in [-0.39, 0.29) is 11.1 Å². The van der Waals surface area contributed by atoms with Crippen LogP contribution in [0.1, 0.15) is 70.1 Å². The van der Waals surface area contributed by atoms with Gasteiger partial charge < -0.3 is 20.0 Å². The van der Waals surface area contributed by atoms with Crippen LogP contribution in [0.5, 0.6) is 0 Å². The van der Waals surface area contributed by atoms with Crippen molar-refractivity contribution in [3.63, 3.8) is 0 Å². The maximum atomic E-state index is 6.00. The summed E-state index contributed by atoms with van der Waals surface area (Å²) in [5, 5.41) is 8.13. The van der Waals surface area contributed by atoms with E-state index >= 15 is 0 Å². The summed E-state index contributed by atoms with van der Waals surface area (Å²) in [6, 6.07) is 10.8. The zero-order chi connectivity index (χ0) is 22.1. The summed E-state index contributed by atoms with van der Waals surface area (Å²) in [7, 11) is 0. The molecular weight excluding hydrogens is 390 g/mol. The standard InChI is InChI=1S/C25H37N3OS/c1-8-21-17(2)10-9-11-22(21)26-23(30)28(16-20-13-12-18(3)29-20)19-14-24(4,5)27-25(6,7)15-19/h9-13,19,27H,8,14-16H2,1-7H3,(H,26,30). The highest BCUT2D eigenvalue weighted by Gasteiger charge is 2.40. The lowest BCUT2D eigenvalue weighted by Crippen LogP contribution is -2.63. The molecule has 1 aromatic carbocycles. The van der Waals surface area contributed by atoms with Gasteiger partial charge >= 0.3 is 0 Å². The Morgan fingerprint density at radius 1 is 1.13 bits per heavy atom. The van der Waals surface area contributed by atoms with Crippen LogP contribution >= 0.6 is 12.2 Å². The van der Waals surface area contributed by atoms with Crippen molar-refractivity contribution in [2.75, 3.05) is 5.32 Å². The Morgan fingerprint density at radius 2 is 1.80 bits per heavy atom. The summed E-state index contributed by atoms with van der Waals surface area (Å²) in [5.41, 5.74) is 3.80. The molecule has 4 nitrogen and oxygen atoms in total. The first-order chi connectivity index (χ1) is 14.0. The van der Waals surface area contributed by atoms with Crippen molar-refractivity contribution in [1.29, 1.82) is 0 Å². The minimum atomic E-state index is 0.0390. The Balaban J connectivity index is 1.91. The lowest BCUT2D eigenvalue weighted by molar-refractivity contribution is 0.0981. The fraction of sp³-hybridized carbons (Fsp3) is 0.560. The highest BCUT2D eigenvalue weighted by atomic mass is 32.1. The van der Waals surface area contributed by atoms with Crippen LogP contribution in [0.3, 0.4) is 0 Å². The van der Waals surface area contributed by atoms with Crippen LogP contribution in [0, 0.1) is 13.8 Å². The molecule has 5 heteroatoms. The van der Waals surface area contributed by atoms with Crippen LogP contribution in [0.25, 0.3) is 0 Å². The summed E-state index contributed by atoms with van der Waals surface area (Å²) in [6.45, 7) is 16.1. The third-order valence-electron chi connectivity index (χ3n) is 6.00. The molecule has 2 aromatic rings. The molecule has 1 aliphatic heterocycles. The van der Waals surface area contributed by atoms with Gasteiger partial charge in [-0.25, -0.2) is 0 Å². The Bertz CT molecular complexity index is 884. The van der Waals surface area contributed by atoms with Crippen LogP contribution in [0.2, 0.25) is 0 Å². The van der Waals surface area contributed by atoms with Gasteiger partial charge in [0.1, 0.15) is 11.5 Å². The third-order valence-corrected chi connectivity index (χ3v) is 6.33. The molecule has 0 aliphatic carbocycles. The SMILES string of the molecule is CCc1c(C)cccc1NC(=S)N(Cc1ccc(C)o1)C1CC(C)(C)NC(C)(C)C1. The van der Waals surface area contributed by atoms with E-state index in [1.807, 2.05) is 13.0 Å². The van der Waals surface area contributed by atoms with Crippen molar-refractivity contribution >= 4 is 23.0 Å². The van der Waals surface area contributed by atoms with Gasteiger partial charge in [0.15, 0.2) is 5.11 Å². The van der Waals surface area contributed by atoms with Gasteiger partial charge in [-0.2, -0.15) is 0 Å². The fourth-order valence-corrected chi connectivity index (χ4v) is 5.39. The number of furan rings is 1. The summed E-state index contributed by atoms with van der Waals surface area (Å²) in [5.74, 6) is 1.88. The van der Waals surface area contributed by atoms with Crippen molar-refractivity contribution < 1.29 is 4.42 Å². The second-order valence-corrected chi connectivity index (χ2v) is 10.4. The van der Waals surface area contributed by atoms with Gasteiger partial charge in [0, 0.05) is 22.8 Å². The number of rotatable bonds is 5.